The monoisotopic (exact) mass is 384 g/mol. The average Bonchev–Trinajstić information content (AvgIpc) is 2.77. The second-order valence-corrected chi connectivity index (χ2v) is 7.03. The molecule has 2 heterocycles. The molecule has 30 heavy (non-hydrogen) atoms. The number of benzene rings is 2. The third-order valence-corrected chi connectivity index (χ3v) is 4.57. The smallest absolute Gasteiger partial charge is 0.0388 e. The lowest BCUT2D eigenvalue weighted by molar-refractivity contribution is 1.12. The Bertz CT molecular complexity index is 1260. The lowest BCUT2D eigenvalue weighted by atomic mass is 10.0. The van der Waals surface area contributed by atoms with Gasteiger partial charge in [-0.3, -0.25) is 9.97 Å². The fourth-order valence-electron chi connectivity index (χ4n) is 3.12. The van der Waals surface area contributed by atoms with Crippen LogP contribution in [0.1, 0.15) is 33.6 Å². The van der Waals surface area contributed by atoms with E-state index in [1.807, 2.05) is 50.2 Å². The van der Waals surface area contributed by atoms with Crippen LogP contribution in [-0.2, 0) is 0 Å². The zero-order valence-corrected chi connectivity index (χ0v) is 17.0. The Morgan fingerprint density at radius 1 is 0.500 bits per heavy atom. The molecular formula is C28H20N2. The molecule has 142 valence electrons. The SMILES string of the molecule is Cc1cc(C#Cc2ccc(-c3ccc(C#Cc4ccncc4)cc3)cc2)cc(C)n1. The molecule has 0 fully saturated rings. The molecule has 0 radical (unpaired) electrons. The first-order valence-electron chi connectivity index (χ1n) is 9.76. The second-order valence-electron chi connectivity index (χ2n) is 7.03. The Hall–Kier alpha value is -4.14. The maximum Gasteiger partial charge on any atom is 0.0388 e. The predicted molar refractivity (Wildman–Crippen MR) is 122 cm³/mol. The van der Waals surface area contributed by atoms with Crippen molar-refractivity contribution in [1.29, 1.82) is 0 Å². The van der Waals surface area contributed by atoms with Gasteiger partial charge >= 0.3 is 0 Å². The molecule has 2 nitrogen and oxygen atoms in total. The van der Waals surface area contributed by atoms with Gasteiger partial charge in [0.1, 0.15) is 0 Å². The fourth-order valence-corrected chi connectivity index (χ4v) is 3.12. The van der Waals surface area contributed by atoms with Crippen molar-refractivity contribution >= 4 is 0 Å². The first-order valence-corrected chi connectivity index (χ1v) is 9.76. The van der Waals surface area contributed by atoms with Gasteiger partial charge in [-0.2, -0.15) is 0 Å². The molecular weight excluding hydrogens is 364 g/mol. The predicted octanol–water partition coefficient (Wildman–Crippen LogP) is 5.56. The largest absolute Gasteiger partial charge is 0.265 e. The number of aryl methyl sites for hydroxylation is 2. The van der Waals surface area contributed by atoms with Crippen molar-refractivity contribution in [3.05, 3.63) is 119 Å². The summed E-state index contributed by atoms with van der Waals surface area (Å²) >= 11 is 0. The minimum Gasteiger partial charge on any atom is -0.265 e. The zero-order valence-electron chi connectivity index (χ0n) is 17.0. The third kappa shape index (κ3) is 5.02. The van der Waals surface area contributed by atoms with Crippen LogP contribution in [0, 0.1) is 37.5 Å². The van der Waals surface area contributed by atoms with E-state index >= 15 is 0 Å². The highest BCUT2D eigenvalue weighted by Gasteiger charge is 1.98. The van der Waals surface area contributed by atoms with Gasteiger partial charge in [-0.1, -0.05) is 47.9 Å². The van der Waals surface area contributed by atoms with E-state index in [1.54, 1.807) is 12.4 Å². The molecule has 2 heteroatoms. The third-order valence-electron chi connectivity index (χ3n) is 4.57. The van der Waals surface area contributed by atoms with Gasteiger partial charge in [-0.25, -0.2) is 0 Å². The normalized spacial score (nSPS) is 9.80. The summed E-state index contributed by atoms with van der Waals surface area (Å²) in [5.74, 6) is 12.8. The van der Waals surface area contributed by atoms with Crippen LogP contribution in [-0.4, -0.2) is 9.97 Å². The molecule has 0 aliphatic rings. The summed E-state index contributed by atoms with van der Waals surface area (Å²) in [6.45, 7) is 3.98. The average molecular weight is 384 g/mol. The van der Waals surface area contributed by atoms with Crippen LogP contribution < -0.4 is 0 Å². The molecule has 0 aliphatic carbocycles. The van der Waals surface area contributed by atoms with Crippen molar-refractivity contribution in [2.45, 2.75) is 13.8 Å². The minimum absolute atomic E-state index is 0.961. The summed E-state index contributed by atoms with van der Waals surface area (Å²) in [6, 6.07) is 24.4. The van der Waals surface area contributed by atoms with E-state index in [-0.39, 0.29) is 0 Å². The molecule has 4 aromatic rings. The molecule has 0 atom stereocenters. The number of hydrogen-bond donors (Lipinski definition) is 0. The van der Waals surface area contributed by atoms with E-state index in [2.05, 4.69) is 70.0 Å². The van der Waals surface area contributed by atoms with Crippen LogP contribution in [0.15, 0.2) is 85.2 Å². The molecule has 0 spiro atoms. The number of nitrogens with zero attached hydrogens (tertiary/aromatic N) is 2. The van der Waals surface area contributed by atoms with Gasteiger partial charge in [-0.15, -0.1) is 0 Å². The molecule has 2 aromatic carbocycles. The van der Waals surface area contributed by atoms with E-state index in [0.717, 1.165) is 44.8 Å². The Morgan fingerprint density at radius 2 is 0.900 bits per heavy atom. The Morgan fingerprint density at radius 3 is 1.37 bits per heavy atom. The first-order chi connectivity index (χ1) is 14.7. The van der Waals surface area contributed by atoms with Crippen LogP contribution in [0.5, 0.6) is 0 Å². The summed E-state index contributed by atoms with van der Waals surface area (Å²) in [7, 11) is 0. The molecule has 0 N–H and O–H groups in total. The van der Waals surface area contributed by atoms with E-state index in [1.165, 1.54) is 0 Å². The van der Waals surface area contributed by atoms with Gasteiger partial charge in [0.25, 0.3) is 0 Å². The van der Waals surface area contributed by atoms with Crippen molar-refractivity contribution in [2.75, 3.05) is 0 Å². The highest BCUT2D eigenvalue weighted by Crippen LogP contribution is 2.20. The highest BCUT2D eigenvalue weighted by molar-refractivity contribution is 5.65. The zero-order chi connectivity index (χ0) is 20.8. The number of pyridine rings is 2. The van der Waals surface area contributed by atoms with E-state index in [0.29, 0.717) is 0 Å². The molecule has 0 aliphatic heterocycles. The summed E-state index contributed by atoms with van der Waals surface area (Å²) < 4.78 is 0. The van der Waals surface area contributed by atoms with Gasteiger partial charge in [0.2, 0.25) is 0 Å². The van der Waals surface area contributed by atoms with Gasteiger partial charge < -0.3 is 0 Å². The molecule has 0 saturated carbocycles. The lowest BCUT2D eigenvalue weighted by Gasteiger charge is -2.02. The Kier molecular flexibility index (Phi) is 5.70. The molecule has 0 bridgehead atoms. The fraction of sp³-hybridized carbons (Fsp3) is 0.0714. The van der Waals surface area contributed by atoms with Crippen LogP contribution in [0.25, 0.3) is 11.1 Å². The van der Waals surface area contributed by atoms with Crippen molar-refractivity contribution < 1.29 is 0 Å². The van der Waals surface area contributed by atoms with Gasteiger partial charge in [0.05, 0.1) is 0 Å². The molecule has 2 aromatic heterocycles. The van der Waals surface area contributed by atoms with Crippen LogP contribution >= 0.6 is 0 Å². The van der Waals surface area contributed by atoms with Crippen LogP contribution in [0.4, 0.5) is 0 Å². The van der Waals surface area contributed by atoms with Gasteiger partial charge in [-0.05, 0) is 73.5 Å². The lowest BCUT2D eigenvalue weighted by Crippen LogP contribution is -1.87. The molecule has 0 saturated heterocycles. The van der Waals surface area contributed by atoms with E-state index in [4.69, 9.17) is 0 Å². The second kappa shape index (κ2) is 8.91. The Balaban J connectivity index is 1.48. The molecule has 0 unspecified atom stereocenters. The topological polar surface area (TPSA) is 25.8 Å². The highest BCUT2D eigenvalue weighted by atomic mass is 14.7. The van der Waals surface area contributed by atoms with Crippen molar-refractivity contribution in [3.63, 3.8) is 0 Å². The summed E-state index contributed by atoms with van der Waals surface area (Å²) in [4.78, 5) is 8.40. The summed E-state index contributed by atoms with van der Waals surface area (Å²) in [5, 5.41) is 0. The van der Waals surface area contributed by atoms with Crippen LogP contribution in [0.3, 0.4) is 0 Å². The van der Waals surface area contributed by atoms with E-state index < -0.39 is 0 Å². The number of hydrogen-bond acceptors (Lipinski definition) is 2. The van der Waals surface area contributed by atoms with Crippen molar-refractivity contribution in [1.82, 2.24) is 9.97 Å². The molecule has 4 rings (SSSR count). The summed E-state index contributed by atoms with van der Waals surface area (Å²) in [5.41, 5.74) is 8.23. The van der Waals surface area contributed by atoms with Crippen molar-refractivity contribution in [2.24, 2.45) is 0 Å². The Labute approximate surface area is 177 Å². The first kappa shape index (κ1) is 19.2. The molecule has 0 amide bonds. The van der Waals surface area contributed by atoms with Gasteiger partial charge in [0.15, 0.2) is 0 Å². The summed E-state index contributed by atoms with van der Waals surface area (Å²) in [6.07, 6.45) is 3.50. The van der Waals surface area contributed by atoms with Crippen LogP contribution in [0.2, 0.25) is 0 Å². The van der Waals surface area contributed by atoms with E-state index in [9.17, 15) is 0 Å². The standard InChI is InChI=1S/C28H20N2/c1-21-19-26(20-22(2)30-21)6-5-24-9-13-28(14-10-24)27-11-7-23(8-12-27)3-4-25-15-17-29-18-16-25/h7-20H,1-2H3. The minimum atomic E-state index is 0.961. The van der Waals surface area contributed by atoms with Crippen molar-refractivity contribution in [3.8, 4) is 34.8 Å². The number of aromatic nitrogens is 2. The van der Waals surface area contributed by atoms with Gasteiger partial charge in [0, 0.05) is 46.0 Å². The maximum absolute atomic E-state index is 4.39. The maximum atomic E-state index is 4.39. The quantitative estimate of drug-likeness (QED) is 0.402. The number of rotatable bonds is 1.